The molecule has 0 fully saturated rings. The van der Waals surface area contributed by atoms with Gasteiger partial charge in [-0.3, -0.25) is 9.48 Å². The van der Waals surface area contributed by atoms with Crippen molar-refractivity contribution in [1.82, 2.24) is 25.3 Å². The number of halogens is 1. The Morgan fingerprint density at radius 1 is 1.53 bits per heavy atom. The summed E-state index contributed by atoms with van der Waals surface area (Å²) in [4.78, 5) is 11.9. The molecule has 0 aliphatic carbocycles. The zero-order valence-electron chi connectivity index (χ0n) is 10.6. The van der Waals surface area contributed by atoms with Gasteiger partial charge in [-0.15, -0.1) is 10.2 Å². The molecule has 1 N–H and O–H groups in total. The van der Waals surface area contributed by atoms with E-state index in [9.17, 15) is 4.79 Å². The molecule has 6 nitrogen and oxygen atoms in total. The van der Waals surface area contributed by atoms with Gasteiger partial charge in [0, 0.05) is 6.20 Å². The molecule has 1 atom stereocenters. The second-order valence-corrected chi connectivity index (χ2v) is 5.56. The minimum absolute atomic E-state index is 0.131. The molecule has 1 amide bonds. The van der Waals surface area contributed by atoms with Crippen LogP contribution in [0.2, 0.25) is 5.02 Å². The van der Waals surface area contributed by atoms with Gasteiger partial charge < -0.3 is 5.32 Å². The molecule has 0 aromatic carbocycles. The number of rotatable bonds is 5. The molecular weight excluding hydrogens is 286 g/mol. The maximum Gasteiger partial charge on any atom is 0.244 e. The van der Waals surface area contributed by atoms with E-state index in [1.54, 1.807) is 13.1 Å². The summed E-state index contributed by atoms with van der Waals surface area (Å²) in [5.74, 6) is -0.131. The summed E-state index contributed by atoms with van der Waals surface area (Å²) < 4.78 is 1.52. The van der Waals surface area contributed by atoms with Crippen LogP contribution in [0.3, 0.4) is 0 Å². The fraction of sp³-hybridized carbons (Fsp3) is 0.455. The molecule has 2 rings (SSSR count). The van der Waals surface area contributed by atoms with E-state index < -0.39 is 6.04 Å². The first kappa shape index (κ1) is 14.0. The van der Waals surface area contributed by atoms with Crippen LogP contribution >= 0.6 is 22.9 Å². The summed E-state index contributed by atoms with van der Waals surface area (Å²) in [5.41, 5.74) is 0. The van der Waals surface area contributed by atoms with Gasteiger partial charge in [0.1, 0.15) is 16.1 Å². The van der Waals surface area contributed by atoms with Gasteiger partial charge in [0.05, 0.1) is 17.8 Å². The predicted molar refractivity (Wildman–Crippen MR) is 73.1 cm³/mol. The highest BCUT2D eigenvalue weighted by Gasteiger charge is 2.16. The van der Waals surface area contributed by atoms with Gasteiger partial charge >= 0.3 is 0 Å². The predicted octanol–water partition coefficient (Wildman–Crippen LogP) is 1.83. The van der Waals surface area contributed by atoms with Crippen molar-refractivity contribution in [2.45, 2.75) is 32.9 Å². The number of aromatic nitrogens is 4. The SMILES string of the molecule is CCc1nnc(CNC(=O)C(C)n2cc(Cl)cn2)s1. The number of hydrogen-bond acceptors (Lipinski definition) is 5. The average molecular weight is 300 g/mol. The molecular formula is C11H14ClN5OS. The van der Waals surface area contributed by atoms with Crippen molar-refractivity contribution in [3.8, 4) is 0 Å². The summed E-state index contributed by atoms with van der Waals surface area (Å²) in [5, 5.41) is 17.1. The standard InChI is InChI=1S/C11H14ClN5OS/c1-3-9-15-16-10(19-9)5-13-11(18)7(2)17-6-8(12)4-14-17/h4,6-7H,3,5H2,1-2H3,(H,13,18). The minimum Gasteiger partial charge on any atom is -0.348 e. The number of hydrogen-bond donors (Lipinski definition) is 1. The van der Waals surface area contributed by atoms with Crippen LogP contribution in [0.15, 0.2) is 12.4 Å². The number of amides is 1. The van der Waals surface area contributed by atoms with Crippen molar-refractivity contribution in [2.75, 3.05) is 0 Å². The lowest BCUT2D eigenvalue weighted by atomic mass is 10.3. The third-order valence-electron chi connectivity index (χ3n) is 2.57. The van der Waals surface area contributed by atoms with E-state index in [1.807, 2.05) is 6.92 Å². The number of aryl methyl sites for hydroxylation is 1. The van der Waals surface area contributed by atoms with E-state index in [4.69, 9.17) is 11.6 Å². The van der Waals surface area contributed by atoms with Crippen LogP contribution in [-0.2, 0) is 17.8 Å². The molecule has 0 radical (unpaired) electrons. The molecule has 8 heteroatoms. The van der Waals surface area contributed by atoms with Crippen LogP contribution in [0, 0.1) is 0 Å². The number of nitrogens with zero attached hydrogens (tertiary/aromatic N) is 4. The van der Waals surface area contributed by atoms with Crippen molar-refractivity contribution >= 4 is 28.8 Å². The van der Waals surface area contributed by atoms with Crippen LogP contribution in [-0.4, -0.2) is 25.9 Å². The molecule has 2 heterocycles. The van der Waals surface area contributed by atoms with Gasteiger partial charge in [0.25, 0.3) is 0 Å². The van der Waals surface area contributed by atoms with Gasteiger partial charge in [0.15, 0.2) is 0 Å². The van der Waals surface area contributed by atoms with E-state index in [1.165, 1.54) is 22.2 Å². The largest absolute Gasteiger partial charge is 0.348 e. The molecule has 1 unspecified atom stereocenters. The molecule has 0 saturated heterocycles. The zero-order valence-corrected chi connectivity index (χ0v) is 12.2. The molecule has 0 bridgehead atoms. The lowest BCUT2D eigenvalue weighted by molar-refractivity contribution is -0.124. The number of carbonyl (C=O) groups is 1. The molecule has 0 spiro atoms. The van der Waals surface area contributed by atoms with Crippen molar-refractivity contribution in [1.29, 1.82) is 0 Å². The van der Waals surface area contributed by atoms with E-state index in [2.05, 4.69) is 20.6 Å². The molecule has 0 saturated carbocycles. The van der Waals surface area contributed by atoms with E-state index in [-0.39, 0.29) is 5.91 Å². The van der Waals surface area contributed by atoms with Crippen LogP contribution < -0.4 is 5.32 Å². The van der Waals surface area contributed by atoms with Crippen molar-refractivity contribution in [3.63, 3.8) is 0 Å². The summed E-state index contributed by atoms with van der Waals surface area (Å²) in [6, 6.07) is -0.411. The van der Waals surface area contributed by atoms with Gasteiger partial charge in [-0.2, -0.15) is 5.10 Å². The van der Waals surface area contributed by atoms with Crippen molar-refractivity contribution in [3.05, 3.63) is 27.4 Å². The lowest BCUT2D eigenvalue weighted by Crippen LogP contribution is -2.30. The average Bonchev–Trinajstić information content (AvgIpc) is 3.03. The normalized spacial score (nSPS) is 12.4. The van der Waals surface area contributed by atoms with Gasteiger partial charge in [-0.1, -0.05) is 29.9 Å². The van der Waals surface area contributed by atoms with Crippen molar-refractivity contribution in [2.24, 2.45) is 0 Å². The van der Waals surface area contributed by atoms with E-state index >= 15 is 0 Å². The highest BCUT2D eigenvalue weighted by Crippen LogP contribution is 2.12. The maximum absolute atomic E-state index is 11.9. The van der Waals surface area contributed by atoms with Gasteiger partial charge in [-0.05, 0) is 13.3 Å². The summed E-state index contributed by atoms with van der Waals surface area (Å²) >= 11 is 7.28. The summed E-state index contributed by atoms with van der Waals surface area (Å²) in [6.07, 6.45) is 3.98. The van der Waals surface area contributed by atoms with Gasteiger partial charge in [-0.25, -0.2) is 0 Å². The Morgan fingerprint density at radius 2 is 2.26 bits per heavy atom. The first-order chi connectivity index (χ1) is 9.10. The Bertz CT molecular complexity index is 567. The third-order valence-corrected chi connectivity index (χ3v) is 3.83. The highest BCUT2D eigenvalue weighted by molar-refractivity contribution is 7.11. The summed E-state index contributed by atoms with van der Waals surface area (Å²) in [6.45, 7) is 4.17. The second kappa shape index (κ2) is 6.12. The Hall–Kier alpha value is -1.47. The van der Waals surface area contributed by atoms with E-state index in [0.29, 0.717) is 11.6 Å². The molecule has 2 aromatic heterocycles. The van der Waals surface area contributed by atoms with Crippen LogP contribution in [0.25, 0.3) is 0 Å². The minimum atomic E-state index is -0.411. The smallest absolute Gasteiger partial charge is 0.244 e. The number of nitrogens with one attached hydrogen (secondary N) is 1. The third kappa shape index (κ3) is 3.51. The van der Waals surface area contributed by atoms with Gasteiger partial charge in [0.2, 0.25) is 5.91 Å². The van der Waals surface area contributed by atoms with Crippen molar-refractivity contribution < 1.29 is 4.79 Å². The quantitative estimate of drug-likeness (QED) is 0.914. The lowest BCUT2D eigenvalue weighted by Gasteiger charge is -2.11. The Morgan fingerprint density at radius 3 is 2.84 bits per heavy atom. The van der Waals surface area contributed by atoms with Crippen LogP contribution in [0.4, 0.5) is 0 Å². The van der Waals surface area contributed by atoms with E-state index in [0.717, 1.165) is 16.4 Å². The molecule has 0 aliphatic rings. The molecule has 0 aliphatic heterocycles. The Balaban J connectivity index is 1.90. The Kier molecular flexibility index (Phi) is 4.49. The summed E-state index contributed by atoms with van der Waals surface area (Å²) in [7, 11) is 0. The molecule has 19 heavy (non-hydrogen) atoms. The second-order valence-electron chi connectivity index (χ2n) is 3.98. The van der Waals surface area contributed by atoms with Crippen LogP contribution in [0.1, 0.15) is 29.9 Å². The first-order valence-electron chi connectivity index (χ1n) is 5.88. The highest BCUT2D eigenvalue weighted by atomic mass is 35.5. The molecule has 102 valence electrons. The topological polar surface area (TPSA) is 72.7 Å². The zero-order chi connectivity index (χ0) is 13.8. The molecule has 2 aromatic rings. The Labute approximate surface area is 119 Å². The fourth-order valence-corrected chi connectivity index (χ4v) is 2.33. The van der Waals surface area contributed by atoms with Crippen LogP contribution in [0.5, 0.6) is 0 Å². The fourth-order valence-electron chi connectivity index (χ4n) is 1.46. The number of carbonyl (C=O) groups excluding carboxylic acids is 1. The first-order valence-corrected chi connectivity index (χ1v) is 7.08. The maximum atomic E-state index is 11.9. The monoisotopic (exact) mass is 299 g/mol.